The predicted octanol–water partition coefficient (Wildman–Crippen LogP) is 2.80. The van der Waals surface area contributed by atoms with Crippen molar-refractivity contribution in [2.45, 2.75) is 13.5 Å². The van der Waals surface area contributed by atoms with Crippen LogP contribution in [0.4, 0.5) is 20.4 Å². The molecule has 2 rings (SSSR count). The zero-order valence-corrected chi connectivity index (χ0v) is 10.5. The molecule has 2 aromatic rings. The van der Waals surface area contributed by atoms with Gasteiger partial charge in [-0.15, -0.1) is 0 Å². The average molecular weight is 264 g/mol. The lowest BCUT2D eigenvalue weighted by Gasteiger charge is -2.08. The normalized spacial score (nSPS) is 10.3. The number of hydrogen-bond donors (Lipinski definition) is 2. The molecule has 0 fully saturated rings. The fourth-order valence-electron chi connectivity index (χ4n) is 1.58. The van der Waals surface area contributed by atoms with Crippen LogP contribution in [0.15, 0.2) is 30.6 Å². The second kappa shape index (κ2) is 6.08. The van der Waals surface area contributed by atoms with Crippen LogP contribution in [0, 0.1) is 11.6 Å². The third-order valence-electron chi connectivity index (χ3n) is 2.50. The molecule has 4 nitrogen and oxygen atoms in total. The summed E-state index contributed by atoms with van der Waals surface area (Å²) in [6.45, 7) is 2.95. The highest BCUT2D eigenvalue weighted by Gasteiger charge is 2.04. The molecule has 100 valence electrons. The molecule has 0 radical (unpaired) electrons. The number of nitrogens with one attached hydrogen (secondary N) is 2. The summed E-state index contributed by atoms with van der Waals surface area (Å²) in [5.74, 6) is 0.112. The van der Waals surface area contributed by atoms with Crippen molar-refractivity contribution in [1.29, 1.82) is 0 Å². The van der Waals surface area contributed by atoms with Gasteiger partial charge in [0.15, 0.2) is 0 Å². The summed E-state index contributed by atoms with van der Waals surface area (Å²) in [6, 6.07) is 5.22. The molecule has 2 N–H and O–H groups in total. The Morgan fingerprint density at radius 3 is 2.47 bits per heavy atom. The molecule has 0 spiro atoms. The van der Waals surface area contributed by atoms with Gasteiger partial charge in [0.05, 0.1) is 0 Å². The average Bonchev–Trinajstić information content (AvgIpc) is 2.38. The Balaban J connectivity index is 2.03. The molecule has 0 aliphatic heterocycles. The van der Waals surface area contributed by atoms with Crippen LogP contribution in [-0.4, -0.2) is 16.5 Å². The third kappa shape index (κ3) is 3.61. The number of nitrogens with zero attached hydrogens (tertiary/aromatic N) is 2. The molecule has 0 saturated carbocycles. The van der Waals surface area contributed by atoms with Crippen LogP contribution in [0.3, 0.4) is 0 Å². The van der Waals surface area contributed by atoms with Crippen LogP contribution in [0.5, 0.6) is 0 Å². The van der Waals surface area contributed by atoms with E-state index < -0.39 is 11.6 Å². The van der Waals surface area contributed by atoms with E-state index >= 15 is 0 Å². The first-order chi connectivity index (χ1) is 9.19. The van der Waals surface area contributed by atoms with Gasteiger partial charge in [-0.05, 0) is 13.0 Å². The SMILES string of the molecule is CCNc1cc(NCc2ccc(F)cc2F)ncn1. The summed E-state index contributed by atoms with van der Waals surface area (Å²) in [7, 11) is 0. The number of hydrogen-bond acceptors (Lipinski definition) is 4. The first-order valence-corrected chi connectivity index (χ1v) is 5.92. The number of halogens is 2. The molecule has 0 unspecified atom stereocenters. The highest BCUT2D eigenvalue weighted by molar-refractivity contribution is 5.46. The topological polar surface area (TPSA) is 49.8 Å². The molecule has 0 amide bonds. The lowest BCUT2D eigenvalue weighted by Crippen LogP contribution is -2.06. The van der Waals surface area contributed by atoms with Gasteiger partial charge in [0.1, 0.15) is 29.6 Å². The second-order valence-corrected chi connectivity index (χ2v) is 3.91. The van der Waals surface area contributed by atoms with Crippen molar-refractivity contribution >= 4 is 11.6 Å². The largest absolute Gasteiger partial charge is 0.370 e. The van der Waals surface area contributed by atoms with E-state index in [2.05, 4.69) is 20.6 Å². The van der Waals surface area contributed by atoms with Gasteiger partial charge in [-0.3, -0.25) is 0 Å². The lowest BCUT2D eigenvalue weighted by molar-refractivity contribution is 0.574. The van der Waals surface area contributed by atoms with Gasteiger partial charge in [0.2, 0.25) is 0 Å². The molecular weight excluding hydrogens is 250 g/mol. The number of benzene rings is 1. The standard InChI is InChI=1S/C13H14F2N4/c1-2-16-12-6-13(19-8-18-12)17-7-9-3-4-10(14)5-11(9)15/h3-6,8H,2,7H2,1H3,(H2,16,17,18,19). The van der Waals surface area contributed by atoms with Gasteiger partial charge in [-0.2, -0.15) is 0 Å². The van der Waals surface area contributed by atoms with E-state index in [1.165, 1.54) is 18.5 Å². The molecule has 0 atom stereocenters. The van der Waals surface area contributed by atoms with Crippen molar-refractivity contribution < 1.29 is 8.78 Å². The second-order valence-electron chi connectivity index (χ2n) is 3.91. The van der Waals surface area contributed by atoms with Gasteiger partial charge >= 0.3 is 0 Å². The lowest BCUT2D eigenvalue weighted by atomic mass is 10.2. The molecule has 0 bridgehead atoms. The number of rotatable bonds is 5. The molecule has 6 heteroatoms. The van der Waals surface area contributed by atoms with Crippen molar-refractivity contribution in [3.8, 4) is 0 Å². The minimum atomic E-state index is -0.585. The van der Waals surface area contributed by atoms with E-state index in [9.17, 15) is 8.78 Å². The van der Waals surface area contributed by atoms with E-state index in [1.807, 2.05) is 6.92 Å². The van der Waals surface area contributed by atoms with E-state index in [4.69, 9.17) is 0 Å². The fraction of sp³-hybridized carbons (Fsp3) is 0.231. The summed E-state index contributed by atoms with van der Waals surface area (Å²) in [5, 5.41) is 6.02. The minimum Gasteiger partial charge on any atom is -0.370 e. The van der Waals surface area contributed by atoms with Gasteiger partial charge < -0.3 is 10.6 Å². The summed E-state index contributed by atoms with van der Waals surface area (Å²) in [4.78, 5) is 8.05. The van der Waals surface area contributed by atoms with Crippen molar-refractivity contribution in [3.63, 3.8) is 0 Å². The third-order valence-corrected chi connectivity index (χ3v) is 2.50. The van der Waals surface area contributed by atoms with Crippen LogP contribution in [0.1, 0.15) is 12.5 Å². The van der Waals surface area contributed by atoms with E-state index in [0.29, 0.717) is 17.2 Å². The van der Waals surface area contributed by atoms with Crippen LogP contribution >= 0.6 is 0 Å². The fourth-order valence-corrected chi connectivity index (χ4v) is 1.58. The number of anilines is 2. The summed E-state index contributed by atoms with van der Waals surface area (Å²) >= 11 is 0. The van der Waals surface area contributed by atoms with E-state index in [-0.39, 0.29) is 6.54 Å². The Morgan fingerprint density at radius 1 is 1.05 bits per heavy atom. The maximum atomic E-state index is 13.4. The Kier molecular flexibility index (Phi) is 4.22. The van der Waals surface area contributed by atoms with Crippen molar-refractivity contribution in [2.75, 3.05) is 17.2 Å². The first kappa shape index (κ1) is 13.2. The Hall–Kier alpha value is -2.24. The number of aromatic nitrogens is 2. The van der Waals surface area contributed by atoms with Crippen LogP contribution < -0.4 is 10.6 Å². The Bertz CT molecular complexity index is 560. The first-order valence-electron chi connectivity index (χ1n) is 5.92. The molecule has 19 heavy (non-hydrogen) atoms. The van der Waals surface area contributed by atoms with Gasteiger partial charge in [-0.1, -0.05) is 6.07 Å². The van der Waals surface area contributed by atoms with Crippen LogP contribution in [-0.2, 0) is 6.54 Å². The maximum Gasteiger partial charge on any atom is 0.131 e. The predicted molar refractivity (Wildman–Crippen MR) is 69.9 cm³/mol. The maximum absolute atomic E-state index is 13.4. The molecule has 0 saturated heterocycles. The van der Waals surface area contributed by atoms with Crippen LogP contribution in [0.25, 0.3) is 0 Å². The summed E-state index contributed by atoms with van der Waals surface area (Å²) in [6.07, 6.45) is 1.42. The Labute approximate surface area is 109 Å². The molecule has 0 aliphatic carbocycles. The Morgan fingerprint density at radius 2 is 1.79 bits per heavy atom. The molecule has 1 aromatic heterocycles. The molecule has 1 aromatic carbocycles. The van der Waals surface area contributed by atoms with E-state index in [1.54, 1.807) is 6.07 Å². The quantitative estimate of drug-likeness (QED) is 0.872. The monoisotopic (exact) mass is 264 g/mol. The minimum absolute atomic E-state index is 0.231. The summed E-state index contributed by atoms with van der Waals surface area (Å²) < 4.78 is 26.2. The van der Waals surface area contributed by atoms with Gasteiger partial charge in [0, 0.05) is 30.8 Å². The highest BCUT2D eigenvalue weighted by Crippen LogP contribution is 2.13. The van der Waals surface area contributed by atoms with Gasteiger partial charge in [-0.25, -0.2) is 18.7 Å². The highest BCUT2D eigenvalue weighted by atomic mass is 19.1. The molecule has 0 aliphatic rings. The summed E-state index contributed by atoms with van der Waals surface area (Å²) in [5.41, 5.74) is 0.380. The molecular formula is C13H14F2N4. The van der Waals surface area contributed by atoms with Gasteiger partial charge in [0.25, 0.3) is 0 Å². The van der Waals surface area contributed by atoms with Crippen molar-refractivity contribution in [1.82, 2.24) is 9.97 Å². The zero-order chi connectivity index (χ0) is 13.7. The van der Waals surface area contributed by atoms with Crippen LogP contribution in [0.2, 0.25) is 0 Å². The molecule has 1 heterocycles. The van der Waals surface area contributed by atoms with E-state index in [0.717, 1.165) is 12.6 Å². The van der Waals surface area contributed by atoms with Crippen molar-refractivity contribution in [2.24, 2.45) is 0 Å². The smallest absolute Gasteiger partial charge is 0.131 e. The van der Waals surface area contributed by atoms with Crippen molar-refractivity contribution in [3.05, 3.63) is 47.8 Å². The zero-order valence-electron chi connectivity index (χ0n) is 10.5.